The Bertz CT molecular complexity index is 982. The maximum absolute atomic E-state index is 13.0. The first kappa shape index (κ1) is 19.0. The van der Waals surface area contributed by atoms with Crippen LogP contribution in [0.25, 0.3) is 6.08 Å². The van der Waals surface area contributed by atoms with Crippen LogP contribution in [0.15, 0.2) is 48.0 Å². The molecule has 0 atom stereocenters. The molecule has 1 aliphatic rings. The number of benzene rings is 2. The summed E-state index contributed by atoms with van der Waals surface area (Å²) in [6.07, 6.45) is 1.32. The summed E-state index contributed by atoms with van der Waals surface area (Å²) in [6, 6.07) is 10.1. The molecule has 2 aromatic rings. The van der Waals surface area contributed by atoms with Crippen LogP contribution in [0.2, 0.25) is 0 Å². The van der Waals surface area contributed by atoms with Crippen molar-refractivity contribution in [1.82, 2.24) is 5.32 Å². The van der Waals surface area contributed by atoms with Crippen LogP contribution in [-0.2, 0) is 9.59 Å². The Morgan fingerprint density at radius 1 is 1.11 bits per heavy atom. The quantitative estimate of drug-likeness (QED) is 0.608. The van der Waals surface area contributed by atoms with Crippen LogP contribution in [-0.4, -0.2) is 36.7 Å². The summed E-state index contributed by atoms with van der Waals surface area (Å²) in [5.74, 6) is -1.15. The molecule has 1 fully saturated rings. The van der Waals surface area contributed by atoms with Crippen molar-refractivity contribution in [3.63, 3.8) is 0 Å². The second-order valence-corrected chi connectivity index (χ2v) is 5.79. The number of amides is 4. The highest BCUT2D eigenvalue weighted by Gasteiger charge is 2.38. The number of para-hydroxylation sites is 2. The maximum atomic E-state index is 13.0. The van der Waals surface area contributed by atoms with Crippen LogP contribution in [0, 0.1) is 0 Å². The monoisotopic (exact) mass is 382 g/mol. The third kappa shape index (κ3) is 3.52. The van der Waals surface area contributed by atoms with Gasteiger partial charge in [-0.3, -0.25) is 14.9 Å². The minimum Gasteiger partial charge on any atom is -0.504 e. The molecule has 0 aromatic heterocycles. The summed E-state index contributed by atoms with van der Waals surface area (Å²) >= 11 is 0. The molecule has 3 rings (SSSR count). The highest BCUT2D eigenvalue weighted by Crippen LogP contribution is 2.32. The van der Waals surface area contributed by atoms with Gasteiger partial charge >= 0.3 is 6.03 Å². The van der Waals surface area contributed by atoms with E-state index in [2.05, 4.69) is 5.32 Å². The van der Waals surface area contributed by atoms with Crippen LogP contribution < -0.4 is 19.7 Å². The number of carbonyl (C=O) groups is 3. The van der Waals surface area contributed by atoms with Gasteiger partial charge < -0.3 is 14.6 Å². The van der Waals surface area contributed by atoms with E-state index in [1.54, 1.807) is 31.2 Å². The van der Waals surface area contributed by atoms with Gasteiger partial charge in [0.25, 0.3) is 11.8 Å². The van der Waals surface area contributed by atoms with E-state index in [1.165, 1.54) is 31.4 Å². The molecular weight excluding hydrogens is 364 g/mol. The molecule has 1 aliphatic heterocycles. The zero-order chi connectivity index (χ0) is 20.3. The molecule has 8 heteroatoms. The fourth-order valence-corrected chi connectivity index (χ4v) is 2.75. The molecular formula is C20H18N2O6. The number of ether oxygens (including phenoxy) is 2. The van der Waals surface area contributed by atoms with Gasteiger partial charge in [-0.15, -0.1) is 0 Å². The lowest BCUT2D eigenvalue weighted by Crippen LogP contribution is -2.54. The van der Waals surface area contributed by atoms with Gasteiger partial charge in [0.15, 0.2) is 11.5 Å². The largest absolute Gasteiger partial charge is 0.504 e. The standard InChI is InChI=1S/C20H18N2O6/c1-3-28-16-7-5-4-6-14(16)22-19(25)13(18(24)21-20(22)26)10-12-8-9-15(23)17(11-12)27-2/h4-11,23H,3H2,1-2H3,(H,21,24,26)/b13-10+. The van der Waals surface area contributed by atoms with Crippen LogP contribution in [0.5, 0.6) is 17.2 Å². The number of rotatable bonds is 5. The normalized spacial score (nSPS) is 15.6. The number of aromatic hydroxyl groups is 1. The summed E-state index contributed by atoms with van der Waals surface area (Å²) in [5, 5.41) is 11.9. The highest BCUT2D eigenvalue weighted by molar-refractivity contribution is 6.39. The van der Waals surface area contributed by atoms with Crippen LogP contribution in [0.4, 0.5) is 10.5 Å². The number of phenolic OH excluding ortho intramolecular Hbond substituents is 1. The van der Waals surface area contributed by atoms with E-state index in [4.69, 9.17) is 9.47 Å². The molecule has 0 unspecified atom stereocenters. The molecule has 8 nitrogen and oxygen atoms in total. The van der Waals surface area contributed by atoms with Gasteiger partial charge in [0.05, 0.1) is 19.4 Å². The zero-order valence-corrected chi connectivity index (χ0v) is 15.3. The van der Waals surface area contributed by atoms with Crippen molar-refractivity contribution >= 4 is 29.6 Å². The van der Waals surface area contributed by atoms with Crippen molar-refractivity contribution in [3.8, 4) is 17.2 Å². The minimum absolute atomic E-state index is 0.0773. The molecule has 1 saturated heterocycles. The first-order chi connectivity index (χ1) is 13.5. The van der Waals surface area contributed by atoms with Crippen molar-refractivity contribution in [1.29, 1.82) is 0 Å². The van der Waals surface area contributed by atoms with Gasteiger partial charge in [0, 0.05) is 0 Å². The molecule has 2 N–H and O–H groups in total. The molecule has 0 aliphatic carbocycles. The number of hydrogen-bond acceptors (Lipinski definition) is 6. The SMILES string of the molecule is CCOc1ccccc1N1C(=O)NC(=O)/C(=C\c2ccc(O)c(OC)c2)C1=O. The van der Waals surface area contributed by atoms with E-state index in [0.29, 0.717) is 17.9 Å². The van der Waals surface area contributed by atoms with Gasteiger partial charge in [-0.1, -0.05) is 18.2 Å². The maximum Gasteiger partial charge on any atom is 0.336 e. The van der Waals surface area contributed by atoms with E-state index < -0.39 is 17.8 Å². The number of phenols is 1. The second-order valence-electron chi connectivity index (χ2n) is 5.79. The van der Waals surface area contributed by atoms with E-state index in [0.717, 1.165) is 4.90 Å². The van der Waals surface area contributed by atoms with E-state index in [-0.39, 0.29) is 22.8 Å². The summed E-state index contributed by atoms with van der Waals surface area (Å²) in [4.78, 5) is 38.4. The summed E-state index contributed by atoms with van der Waals surface area (Å²) < 4.78 is 10.5. The van der Waals surface area contributed by atoms with Crippen LogP contribution >= 0.6 is 0 Å². The topological polar surface area (TPSA) is 105 Å². The lowest BCUT2D eigenvalue weighted by molar-refractivity contribution is -0.122. The number of urea groups is 1. The first-order valence-corrected chi connectivity index (χ1v) is 8.46. The van der Waals surface area contributed by atoms with Crippen molar-refractivity contribution in [2.24, 2.45) is 0 Å². The van der Waals surface area contributed by atoms with Gasteiger partial charge in [-0.05, 0) is 42.8 Å². The van der Waals surface area contributed by atoms with Crippen molar-refractivity contribution < 1.29 is 29.0 Å². The first-order valence-electron chi connectivity index (χ1n) is 8.46. The van der Waals surface area contributed by atoms with Crippen LogP contribution in [0.1, 0.15) is 12.5 Å². The number of methoxy groups -OCH3 is 1. The number of imide groups is 2. The van der Waals surface area contributed by atoms with Crippen molar-refractivity contribution in [3.05, 3.63) is 53.6 Å². The molecule has 28 heavy (non-hydrogen) atoms. The number of carbonyl (C=O) groups excluding carboxylic acids is 3. The van der Waals surface area contributed by atoms with Gasteiger partial charge in [-0.2, -0.15) is 0 Å². The Kier molecular flexibility index (Phi) is 5.30. The molecule has 4 amide bonds. The van der Waals surface area contributed by atoms with E-state index in [1.807, 2.05) is 0 Å². The third-order valence-electron chi connectivity index (χ3n) is 4.02. The molecule has 0 radical (unpaired) electrons. The Morgan fingerprint density at radius 2 is 1.86 bits per heavy atom. The van der Waals surface area contributed by atoms with Crippen LogP contribution in [0.3, 0.4) is 0 Å². The fourth-order valence-electron chi connectivity index (χ4n) is 2.75. The lowest BCUT2D eigenvalue weighted by atomic mass is 10.1. The lowest BCUT2D eigenvalue weighted by Gasteiger charge is -2.27. The second kappa shape index (κ2) is 7.83. The molecule has 0 spiro atoms. The van der Waals surface area contributed by atoms with Gasteiger partial charge in [0.2, 0.25) is 0 Å². The Hall–Kier alpha value is -3.81. The summed E-state index contributed by atoms with van der Waals surface area (Å²) in [7, 11) is 1.38. The zero-order valence-electron chi connectivity index (χ0n) is 15.3. The fraction of sp³-hybridized carbons (Fsp3) is 0.150. The predicted molar refractivity (Wildman–Crippen MR) is 101 cm³/mol. The predicted octanol–water partition coefficient (Wildman–Crippen LogP) is 2.47. The van der Waals surface area contributed by atoms with Crippen molar-refractivity contribution in [2.75, 3.05) is 18.6 Å². The number of hydrogen-bond donors (Lipinski definition) is 2. The van der Waals surface area contributed by atoms with E-state index >= 15 is 0 Å². The molecule has 1 heterocycles. The molecule has 0 bridgehead atoms. The third-order valence-corrected chi connectivity index (χ3v) is 4.02. The Morgan fingerprint density at radius 3 is 2.57 bits per heavy atom. The average Bonchev–Trinajstić information content (AvgIpc) is 2.67. The van der Waals surface area contributed by atoms with Gasteiger partial charge in [0.1, 0.15) is 11.3 Å². The average molecular weight is 382 g/mol. The molecule has 2 aromatic carbocycles. The number of barbiturate groups is 1. The number of nitrogens with zero attached hydrogens (tertiary/aromatic N) is 1. The van der Waals surface area contributed by atoms with E-state index in [9.17, 15) is 19.5 Å². The smallest absolute Gasteiger partial charge is 0.336 e. The minimum atomic E-state index is -0.859. The number of nitrogens with one attached hydrogen (secondary N) is 1. The molecule has 0 saturated carbocycles. The summed E-state index contributed by atoms with van der Waals surface area (Å²) in [6.45, 7) is 2.12. The van der Waals surface area contributed by atoms with Gasteiger partial charge in [-0.25, -0.2) is 9.69 Å². The highest BCUT2D eigenvalue weighted by atomic mass is 16.5. The molecule has 144 valence electrons. The Balaban J connectivity index is 2.04. The van der Waals surface area contributed by atoms with Crippen molar-refractivity contribution in [2.45, 2.75) is 6.92 Å². The Labute approximate surface area is 161 Å². The summed E-state index contributed by atoms with van der Waals surface area (Å²) in [5.41, 5.74) is 0.438. The number of anilines is 1.